The molecule has 2 aromatic heterocycles. The number of rotatable bonds is 6. The predicted molar refractivity (Wildman–Crippen MR) is 225 cm³/mol. The number of para-hydroxylation sites is 2. The van der Waals surface area contributed by atoms with E-state index in [0.29, 0.717) is 11.5 Å². The molecular formula is C49H46N4. The highest BCUT2D eigenvalue weighted by atomic mass is 15.0. The minimum Gasteiger partial charge on any atom is -0.309 e. The van der Waals surface area contributed by atoms with Crippen molar-refractivity contribution in [3.63, 3.8) is 0 Å². The zero-order valence-corrected chi connectivity index (χ0v) is 31.8. The predicted octanol–water partition coefficient (Wildman–Crippen LogP) is 12.4. The van der Waals surface area contributed by atoms with E-state index in [1.165, 1.54) is 32.9 Å². The molecular weight excluding hydrogens is 645 g/mol. The fraction of sp³-hybridized carbons (Fsp3) is 0.204. The summed E-state index contributed by atoms with van der Waals surface area (Å²) in [5, 5.41) is 2.49. The number of amidine groups is 1. The van der Waals surface area contributed by atoms with Crippen LogP contribution in [-0.4, -0.2) is 21.1 Å². The molecule has 0 atom stereocenters. The summed E-state index contributed by atoms with van der Waals surface area (Å²) >= 11 is 0. The van der Waals surface area contributed by atoms with E-state index in [1.807, 2.05) is 43.5 Å². The summed E-state index contributed by atoms with van der Waals surface area (Å²) in [6, 6.07) is 46.9. The van der Waals surface area contributed by atoms with Crippen LogP contribution in [0.25, 0.3) is 44.4 Å². The number of hydrogen-bond acceptors (Lipinski definition) is 2. The molecule has 0 N–H and O–H groups in total. The average Bonchev–Trinajstić information content (AvgIpc) is 3.56. The normalized spacial score (nSPS) is 16.2. The molecule has 4 nitrogen and oxygen atoms in total. The molecule has 53 heavy (non-hydrogen) atoms. The first kappa shape index (κ1) is 34.2. The Morgan fingerprint density at radius 2 is 1.17 bits per heavy atom. The Morgan fingerprint density at radius 1 is 0.585 bits per heavy atom. The average molecular weight is 691 g/mol. The van der Waals surface area contributed by atoms with E-state index in [2.05, 4.69) is 156 Å². The van der Waals surface area contributed by atoms with Gasteiger partial charge < -0.3 is 4.57 Å². The summed E-state index contributed by atoms with van der Waals surface area (Å²) in [5.41, 5.74) is 12.8. The van der Waals surface area contributed by atoms with Crippen molar-refractivity contribution in [2.75, 3.05) is 0 Å². The topological polar surface area (TPSA) is 42.5 Å². The monoisotopic (exact) mass is 690 g/mol. The van der Waals surface area contributed by atoms with Crippen molar-refractivity contribution in [2.45, 2.75) is 59.3 Å². The van der Waals surface area contributed by atoms with E-state index in [1.54, 1.807) is 0 Å². The summed E-state index contributed by atoms with van der Waals surface area (Å²) < 4.78 is 2.33. The van der Waals surface area contributed by atoms with Crippen LogP contribution in [0.1, 0.15) is 76.3 Å². The minimum atomic E-state index is 0.0211. The molecule has 1 aliphatic rings. The van der Waals surface area contributed by atoms with Gasteiger partial charge in [-0.15, -0.1) is 0 Å². The highest BCUT2D eigenvalue weighted by Crippen LogP contribution is 2.61. The first-order valence-corrected chi connectivity index (χ1v) is 18.5. The number of hydrogen-bond donors (Lipinski definition) is 0. The highest BCUT2D eigenvalue weighted by molar-refractivity contribution is 6.13. The summed E-state index contributed by atoms with van der Waals surface area (Å²) in [4.78, 5) is 15.1. The zero-order chi connectivity index (χ0) is 37.1. The molecule has 0 amide bonds. The number of fused-ring (bicyclic) bond motifs is 4. The largest absolute Gasteiger partial charge is 0.309 e. The molecule has 0 spiro atoms. The van der Waals surface area contributed by atoms with Gasteiger partial charge in [-0.25, -0.2) is 9.98 Å². The van der Waals surface area contributed by atoms with Gasteiger partial charge in [-0.1, -0.05) is 139 Å². The Balaban J connectivity index is 1.15. The number of benzene rings is 5. The van der Waals surface area contributed by atoms with Crippen molar-refractivity contribution in [1.82, 2.24) is 9.55 Å². The summed E-state index contributed by atoms with van der Waals surface area (Å²) in [5.74, 6) is 0.570. The van der Waals surface area contributed by atoms with E-state index in [0.717, 1.165) is 39.3 Å². The van der Waals surface area contributed by atoms with Crippen LogP contribution in [0.15, 0.2) is 156 Å². The molecule has 0 unspecified atom stereocenters. The lowest BCUT2D eigenvalue weighted by molar-refractivity contribution is 0.125. The van der Waals surface area contributed by atoms with Gasteiger partial charge >= 0.3 is 0 Å². The van der Waals surface area contributed by atoms with E-state index < -0.39 is 0 Å². The Morgan fingerprint density at radius 3 is 1.79 bits per heavy atom. The SMILES string of the molecule is C=C(N=C(N=C(C)c1ccc(-n2c3ccccc3c3ccccc32)cc1)c1ccc(-c2ccc3c(c2)C(C)(C)C(C)(C)C3(C)C)nc1)c1ccccc1. The van der Waals surface area contributed by atoms with Crippen LogP contribution in [0.4, 0.5) is 0 Å². The fourth-order valence-electron chi connectivity index (χ4n) is 8.17. The number of pyridine rings is 1. The lowest BCUT2D eigenvalue weighted by Gasteiger charge is -2.44. The van der Waals surface area contributed by atoms with Crippen LogP contribution in [0.5, 0.6) is 0 Å². The van der Waals surface area contributed by atoms with Gasteiger partial charge in [0, 0.05) is 39.5 Å². The summed E-state index contributed by atoms with van der Waals surface area (Å²) in [7, 11) is 0. The van der Waals surface area contributed by atoms with Gasteiger partial charge in [-0.05, 0) is 87.9 Å². The van der Waals surface area contributed by atoms with Crippen LogP contribution in [0.3, 0.4) is 0 Å². The van der Waals surface area contributed by atoms with Gasteiger partial charge in [-0.3, -0.25) is 4.98 Å². The lowest BCUT2D eigenvalue weighted by Crippen LogP contribution is -2.42. The van der Waals surface area contributed by atoms with E-state index >= 15 is 0 Å². The summed E-state index contributed by atoms with van der Waals surface area (Å²) in [6.07, 6.45) is 1.89. The van der Waals surface area contributed by atoms with Crippen LogP contribution in [0, 0.1) is 5.41 Å². The molecule has 0 bridgehead atoms. The molecule has 0 saturated carbocycles. The quantitative estimate of drug-likeness (QED) is 0.126. The molecule has 262 valence electrons. The first-order valence-electron chi connectivity index (χ1n) is 18.5. The molecule has 0 radical (unpaired) electrons. The van der Waals surface area contributed by atoms with Crippen LogP contribution in [-0.2, 0) is 10.8 Å². The second-order valence-electron chi connectivity index (χ2n) is 15.9. The molecule has 2 heterocycles. The molecule has 5 aromatic carbocycles. The van der Waals surface area contributed by atoms with Gasteiger partial charge in [0.1, 0.15) is 0 Å². The van der Waals surface area contributed by atoms with Crippen molar-refractivity contribution < 1.29 is 0 Å². The number of aromatic nitrogens is 2. The van der Waals surface area contributed by atoms with Crippen molar-refractivity contribution >= 4 is 39.1 Å². The maximum Gasteiger partial charge on any atom is 0.161 e. The highest BCUT2D eigenvalue weighted by Gasteiger charge is 2.56. The van der Waals surface area contributed by atoms with Crippen LogP contribution < -0.4 is 0 Å². The van der Waals surface area contributed by atoms with Gasteiger partial charge in [0.25, 0.3) is 0 Å². The number of aliphatic imine (C=N–C) groups is 2. The van der Waals surface area contributed by atoms with Crippen LogP contribution in [0.2, 0.25) is 0 Å². The third-order valence-electron chi connectivity index (χ3n) is 12.6. The summed E-state index contributed by atoms with van der Waals surface area (Å²) in [6.45, 7) is 20.6. The maximum absolute atomic E-state index is 5.13. The second kappa shape index (κ2) is 12.7. The van der Waals surface area contributed by atoms with Gasteiger partial charge in [0.2, 0.25) is 0 Å². The Kier molecular flexibility index (Phi) is 8.18. The smallest absolute Gasteiger partial charge is 0.161 e. The van der Waals surface area contributed by atoms with E-state index in [4.69, 9.17) is 15.0 Å². The lowest BCUT2D eigenvalue weighted by atomic mass is 9.59. The number of nitrogens with zero attached hydrogens (tertiary/aromatic N) is 4. The van der Waals surface area contributed by atoms with Crippen molar-refractivity contribution in [3.05, 3.63) is 174 Å². The molecule has 7 aromatic rings. The molecule has 8 rings (SSSR count). The van der Waals surface area contributed by atoms with Gasteiger partial charge in [0.05, 0.1) is 22.4 Å². The van der Waals surface area contributed by atoms with Crippen LogP contribution >= 0.6 is 0 Å². The van der Waals surface area contributed by atoms with E-state index in [9.17, 15) is 0 Å². The Hall–Kier alpha value is -5.87. The first-order chi connectivity index (χ1) is 25.4. The Labute approximate surface area is 313 Å². The standard InChI is InChI=1S/C49H46N4/c1-32(34-16-10-9-11-17-34)51-46(37-25-29-43(50-31-37)36-24-28-41-42(30-36)48(5,6)49(7,8)47(41,3)4)52-33(2)35-22-26-38(27-23-35)53-44-20-14-12-18-39(44)40-19-13-15-21-45(40)53/h9-31H,1H2,2-8H3. The third-order valence-corrected chi connectivity index (χ3v) is 12.6. The minimum absolute atomic E-state index is 0.0211. The van der Waals surface area contributed by atoms with E-state index in [-0.39, 0.29) is 16.2 Å². The molecule has 0 saturated heterocycles. The molecule has 4 heteroatoms. The zero-order valence-electron chi connectivity index (χ0n) is 31.8. The Bertz CT molecular complexity index is 2530. The van der Waals surface area contributed by atoms with Gasteiger partial charge in [-0.2, -0.15) is 0 Å². The second-order valence-corrected chi connectivity index (χ2v) is 15.9. The van der Waals surface area contributed by atoms with Crippen molar-refractivity contribution in [1.29, 1.82) is 0 Å². The molecule has 1 aliphatic carbocycles. The maximum atomic E-state index is 5.13. The molecule has 0 fully saturated rings. The fourth-order valence-corrected chi connectivity index (χ4v) is 8.17. The van der Waals surface area contributed by atoms with Crippen molar-refractivity contribution in [3.8, 4) is 16.9 Å². The van der Waals surface area contributed by atoms with Gasteiger partial charge in [0.15, 0.2) is 5.84 Å². The third kappa shape index (κ3) is 5.56. The van der Waals surface area contributed by atoms with Crippen molar-refractivity contribution in [2.24, 2.45) is 15.4 Å². The molecule has 0 aliphatic heterocycles.